The minimum atomic E-state index is -0.165. The molecule has 6 heteroatoms. The van der Waals surface area contributed by atoms with Gasteiger partial charge in [-0.2, -0.15) is 5.26 Å². The predicted octanol–water partition coefficient (Wildman–Crippen LogP) is 0.832. The Morgan fingerprint density at radius 3 is 2.86 bits per heavy atom. The molecule has 0 saturated carbocycles. The second-order valence-electron chi connectivity index (χ2n) is 2.66. The van der Waals surface area contributed by atoms with Crippen molar-refractivity contribution in [3.63, 3.8) is 0 Å². The predicted molar refractivity (Wildman–Crippen MR) is 51.8 cm³/mol. The Bertz CT molecular complexity index is 368. The van der Waals surface area contributed by atoms with Gasteiger partial charge in [-0.1, -0.05) is 4.49 Å². The van der Waals surface area contributed by atoms with Gasteiger partial charge < -0.3 is 4.90 Å². The van der Waals surface area contributed by atoms with Crippen LogP contribution in [0.25, 0.3) is 0 Å². The summed E-state index contributed by atoms with van der Waals surface area (Å²) < 4.78 is 3.68. The van der Waals surface area contributed by atoms with E-state index in [1.807, 2.05) is 13.0 Å². The standard InChI is InChI=1S/C8H10N4OS/c1-3-12(5-4-9)8(13)7-6(2)10-11-14-7/h3,5H2,1-2H3. The number of hydrogen-bond donors (Lipinski definition) is 0. The zero-order valence-corrected chi connectivity index (χ0v) is 8.84. The van der Waals surface area contributed by atoms with Gasteiger partial charge >= 0.3 is 0 Å². The summed E-state index contributed by atoms with van der Waals surface area (Å²) in [4.78, 5) is 13.7. The summed E-state index contributed by atoms with van der Waals surface area (Å²) in [5, 5.41) is 12.3. The van der Waals surface area contributed by atoms with Crippen LogP contribution in [-0.2, 0) is 0 Å². The van der Waals surface area contributed by atoms with Gasteiger partial charge in [0.25, 0.3) is 5.91 Å². The third kappa shape index (κ3) is 2.06. The number of carbonyl (C=O) groups is 1. The number of hydrogen-bond acceptors (Lipinski definition) is 5. The maximum Gasteiger partial charge on any atom is 0.268 e. The number of nitrogens with zero attached hydrogens (tertiary/aromatic N) is 4. The van der Waals surface area contributed by atoms with Gasteiger partial charge in [-0.05, 0) is 25.4 Å². The highest BCUT2D eigenvalue weighted by molar-refractivity contribution is 7.07. The largest absolute Gasteiger partial charge is 0.325 e. The minimum Gasteiger partial charge on any atom is -0.325 e. The Hall–Kier alpha value is -1.48. The maximum absolute atomic E-state index is 11.8. The smallest absolute Gasteiger partial charge is 0.268 e. The molecular formula is C8H10N4OS. The number of carbonyl (C=O) groups excluding carboxylic acids is 1. The fourth-order valence-corrected chi connectivity index (χ4v) is 1.61. The summed E-state index contributed by atoms with van der Waals surface area (Å²) in [5.74, 6) is -0.165. The Labute approximate surface area is 86.1 Å². The van der Waals surface area contributed by atoms with Crippen LogP contribution in [0, 0.1) is 18.3 Å². The van der Waals surface area contributed by atoms with E-state index in [0.717, 1.165) is 11.5 Å². The lowest BCUT2D eigenvalue weighted by molar-refractivity contribution is 0.0788. The second-order valence-corrected chi connectivity index (χ2v) is 3.42. The van der Waals surface area contributed by atoms with Crippen molar-refractivity contribution in [2.75, 3.05) is 13.1 Å². The molecule has 0 N–H and O–H groups in total. The van der Waals surface area contributed by atoms with Crippen molar-refractivity contribution >= 4 is 17.4 Å². The fraction of sp³-hybridized carbons (Fsp3) is 0.500. The molecule has 1 amide bonds. The molecule has 0 atom stereocenters. The topological polar surface area (TPSA) is 69.9 Å². The average Bonchev–Trinajstić information content (AvgIpc) is 2.59. The van der Waals surface area contributed by atoms with Gasteiger partial charge in [0.05, 0.1) is 11.8 Å². The molecule has 1 heterocycles. The first-order valence-electron chi connectivity index (χ1n) is 4.15. The molecule has 1 aromatic heterocycles. The monoisotopic (exact) mass is 210 g/mol. The molecule has 0 aliphatic carbocycles. The fourth-order valence-electron chi connectivity index (χ4n) is 0.984. The van der Waals surface area contributed by atoms with Crippen LogP contribution < -0.4 is 0 Å². The molecule has 5 nitrogen and oxygen atoms in total. The van der Waals surface area contributed by atoms with Crippen LogP contribution in [-0.4, -0.2) is 33.5 Å². The highest BCUT2D eigenvalue weighted by Gasteiger charge is 2.18. The number of aryl methyl sites for hydroxylation is 1. The summed E-state index contributed by atoms with van der Waals surface area (Å²) >= 11 is 1.07. The van der Waals surface area contributed by atoms with Crippen molar-refractivity contribution in [3.05, 3.63) is 10.6 Å². The highest BCUT2D eigenvalue weighted by atomic mass is 32.1. The van der Waals surface area contributed by atoms with Gasteiger partial charge in [-0.3, -0.25) is 4.79 Å². The van der Waals surface area contributed by atoms with Gasteiger partial charge in [0.1, 0.15) is 11.4 Å². The molecule has 74 valence electrons. The van der Waals surface area contributed by atoms with E-state index in [9.17, 15) is 4.79 Å². The lowest BCUT2D eigenvalue weighted by Crippen LogP contribution is -2.30. The Kier molecular flexibility index (Phi) is 3.54. The van der Waals surface area contributed by atoms with E-state index in [4.69, 9.17) is 5.26 Å². The minimum absolute atomic E-state index is 0.104. The zero-order chi connectivity index (χ0) is 10.6. The van der Waals surface area contributed by atoms with E-state index in [2.05, 4.69) is 9.59 Å². The number of nitriles is 1. The summed E-state index contributed by atoms with van der Waals surface area (Å²) in [6, 6.07) is 1.95. The molecule has 0 fully saturated rings. The maximum atomic E-state index is 11.8. The molecule has 0 spiro atoms. The van der Waals surface area contributed by atoms with Gasteiger partial charge in [-0.15, -0.1) is 5.10 Å². The third-order valence-corrected chi connectivity index (χ3v) is 2.59. The first-order chi connectivity index (χ1) is 6.70. The Morgan fingerprint density at radius 1 is 1.71 bits per heavy atom. The molecule has 0 aromatic carbocycles. The van der Waals surface area contributed by atoms with E-state index >= 15 is 0 Å². The van der Waals surface area contributed by atoms with Crippen molar-refractivity contribution in [2.45, 2.75) is 13.8 Å². The molecule has 1 aromatic rings. The van der Waals surface area contributed by atoms with Gasteiger partial charge in [0.2, 0.25) is 0 Å². The first-order valence-corrected chi connectivity index (χ1v) is 4.93. The Balaban J connectivity index is 2.84. The molecule has 14 heavy (non-hydrogen) atoms. The molecule has 1 rings (SSSR count). The number of rotatable bonds is 3. The zero-order valence-electron chi connectivity index (χ0n) is 8.02. The van der Waals surface area contributed by atoms with Crippen molar-refractivity contribution in [3.8, 4) is 6.07 Å². The van der Waals surface area contributed by atoms with Crippen molar-refractivity contribution < 1.29 is 4.79 Å². The van der Waals surface area contributed by atoms with Crippen LogP contribution in [0.1, 0.15) is 22.3 Å². The molecule has 0 radical (unpaired) electrons. The van der Waals surface area contributed by atoms with Crippen LogP contribution in [0.2, 0.25) is 0 Å². The van der Waals surface area contributed by atoms with Crippen LogP contribution in [0.5, 0.6) is 0 Å². The summed E-state index contributed by atoms with van der Waals surface area (Å²) in [6.07, 6.45) is 0. The van der Waals surface area contributed by atoms with Gasteiger partial charge in [0, 0.05) is 6.54 Å². The van der Waals surface area contributed by atoms with Gasteiger partial charge in [-0.25, -0.2) is 0 Å². The molecule has 0 unspecified atom stereocenters. The third-order valence-electron chi connectivity index (χ3n) is 1.78. The quantitative estimate of drug-likeness (QED) is 0.693. The summed E-state index contributed by atoms with van der Waals surface area (Å²) in [7, 11) is 0. The molecular weight excluding hydrogens is 200 g/mol. The first kappa shape index (κ1) is 10.6. The normalized spacial score (nSPS) is 9.50. The van der Waals surface area contributed by atoms with Crippen molar-refractivity contribution in [2.24, 2.45) is 0 Å². The SMILES string of the molecule is CCN(CC#N)C(=O)c1snnc1C. The van der Waals surface area contributed by atoms with Crippen LogP contribution in [0.15, 0.2) is 0 Å². The summed E-state index contributed by atoms with van der Waals surface area (Å²) in [5.41, 5.74) is 0.622. The number of amides is 1. The lowest BCUT2D eigenvalue weighted by atomic mass is 10.3. The lowest BCUT2D eigenvalue weighted by Gasteiger charge is -2.15. The molecule has 0 saturated heterocycles. The molecule has 0 aliphatic heterocycles. The molecule has 0 aliphatic rings. The highest BCUT2D eigenvalue weighted by Crippen LogP contribution is 2.12. The van der Waals surface area contributed by atoms with Crippen LogP contribution in [0.3, 0.4) is 0 Å². The van der Waals surface area contributed by atoms with E-state index in [1.54, 1.807) is 6.92 Å². The van der Waals surface area contributed by atoms with E-state index in [1.165, 1.54) is 4.90 Å². The van der Waals surface area contributed by atoms with E-state index < -0.39 is 0 Å². The van der Waals surface area contributed by atoms with Crippen LogP contribution in [0.4, 0.5) is 0 Å². The van der Waals surface area contributed by atoms with Crippen molar-refractivity contribution in [1.82, 2.24) is 14.5 Å². The van der Waals surface area contributed by atoms with Crippen molar-refractivity contribution in [1.29, 1.82) is 5.26 Å². The van der Waals surface area contributed by atoms with E-state index in [-0.39, 0.29) is 12.5 Å². The second kappa shape index (κ2) is 4.67. The average molecular weight is 210 g/mol. The van der Waals surface area contributed by atoms with Crippen LogP contribution >= 0.6 is 11.5 Å². The Morgan fingerprint density at radius 2 is 2.43 bits per heavy atom. The summed E-state index contributed by atoms with van der Waals surface area (Å²) in [6.45, 7) is 4.19. The molecule has 0 bridgehead atoms. The van der Waals surface area contributed by atoms with Gasteiger partial charge in [0.15, 0.2) is 0 Å². The van der Waals surface area contributed by atoms with E-state index in [0.29, 0.717) is 17.1 Å². The number of aromatic nitrogens is 2.